The molecule has 0 radical (unpaired) electrons. The Hall–Kier alpha value is -3.71. The molecule has 6 nitrogen and oxygen atoms in total. The second-order valence-electron chi connectivity index (χ2n) is 7.17. The van der Waals surface area contributed by atoms with Gasteiger partial charge >= 0.3 is 0 Å². The second kappa shape index (κ2) is 8.20. The van der Waals surface area contributed by atoms with Crippen LogP contribution in [0.25, 0.3) is 20.8 Å². The first-order valence-electron chi connectivity index (χ1n) is 9.95. The molecule has 0 saturated carbocycles. The van der Waals surface area contributed by atoms with Crippen LogP contribution in [0.2, 0.25) is 0 Å². The van der Waals surface area contributed by atoms with E-state index in [0.29, 0.717) is 23.7 Å². The molecule has 4 aromatic rings. The maximum absolute atomic E-state index is 12.6. The number of benzene rings is 3. The van der Waals surface area contributed by atoms with Crippen molar-refractivity contribution in [2.45, 2.75) is 6.42 Å². The number of para-hydroxylation sites is 3. The van der Waals surface area contributed by atoms with Crippen LogP contribution in [0.3, 0.4) is 0 Å². The fourth-order valence-corrected chi connectivity index (χ4v) is 4.52. The molecule has 2 amide bonds. The van der Waals surface area contributed by atoms with Crippen LogP contribution in [0.5, 0.6) is 5.75 Å². The molecule has 0 spiro atoms. The quantitative estimate of drug-likeness (QED) is 0.498. The normalized spacial score (nSPS) is 13.0. The average Bonchev–Trinajstić information content (AvgIpc) is 3.23. The predicted octanol–water partition coefficient (Wildman–Crippen LogP) is 4.72. The molecule has 2 heterocycles. The van der Waals surface area contributed by atoms with Gasteiger partial charge < -0.3 is 15.0 Å². The maximum Gasteiger partial charge on any atom is 0.265 e. The fraction of sp³-hybridized carbons (Fsp3) is 0.125. The third kappa shape index (κ3) is 4.00. The summed E-state index contributed by atoms with van der Waals surface area (Å²) in [5.41, 5.74) is 3.32. The van der Waals surface area contributed by atoms with Gasteiger partial charge in [0.1, 0.15) is 10.8 Å². The van der Waals surface area contributed by atoms with E-state index in [2.05, 4.69) is 10.3 Å². The lowest BCUT2D eigenvalue weighted by molar-refractivity contribution is -0.121. The van der Waals surface area contributed by atoms with Crippen molar-refractivity contribution in [3.8, 4) is 16.3 Å². The highest BCUT2D eigenvalue weighted by Gasteiger charge is 2.25. The van der Waals surface area contributed by atoms with Gasteiger partial charge in [0.15, 0.2) is 6.61 Å². The van der Waals surface area contributed by atoms with Gasteiger partial charge in [-0.25, -0.2) is 4.98 Å². The van der Waals surface area contributed by atoms with Crippen molar-refractivity contribution < 1.29 is 14.3 Å². The number of rotatable bonds is 5. The van der Waals surface area contributed by atoms with E-state index >= 15 is 0 Å². The third-order valence-corrected chi connectivity index (χ3v) is 6.14. The molecule has 1 aromatic heterocycles. The number of hydrogen-bond donors (Lipinski definition) is 1. The minimum atomic E-state index is -0.154. The van der Waals surface area contributed by atoms with Crippen LogP contribution in [0.4, 0.5) is 11.4 Å². The van der Waals surface area contributed by atoms with E-state index in [1.165, 1.54) is 0 Å². The molecule has 0 bridgehead atoms. The van der Waals surface area contributed by atoms with Gasteiger partial charge in [-0.3, -0.25) is 9.59 Å². The van der Waals surface area contributed by atoms with Crippen LogP contribution in [0.15, 0.2) is 72.8 Å². The van der Waals surface area contributed by atoms with Crippen LogP contribution in [-0.4, -0.2) is 29.9 Å². The number of amides is 2. The van der Waals surface area contributed by atoms with E-state index in [1.54, 1.807) is 16.2 Å². The Kier molecular flexibility index (Phi) is 5.09. The number of anilines is 2. The summed E-state index contributed by atoms with van der Waals surface area (Å²) < 4.78 is 6.58. The van der Waals surface area contributed by atoms with Crippen molar-refractivity contribution in [1.29, 1.82) is 0 Å². The van der Waals surface area contributed by atoms with Gasteiger partial charge in [-0.2, -0.15) is 0 Å². The van der Waals surface area contributed by atoms with Crippen LogP contribution >= 0.6 is 11.3 Å². The summed E-state index contributed by atoms with van der Waals surface area (Å²) in [7, 11) is 0. The molecule has 1 aliphatic heterocycles. The summed E-state index contributed by atoms with van der Waals surface area (Å²) in [5.74, 6) is 0.355. The molecule has 0 saturated heterocycles. The molecule has 3 aromatic carbocycles. The monoisotopic (exact) mass is 429 g/mol. The summed E-state index contributed by atoms with van der Waals surface area (Å²) in [6, 6.07) is 23.0. The number of nitrogens with one attached hydrogen (secondary N) is 1. The molecule has 154 valence electrons. The lowest BCUT2D eigenvalue weighted by atomic mass is 10.2. The number of fused-ring (bicyclic) bond motifs is 2. The lowest BCUT2D eigenvalue weighted by Crippen LogP contribution is -2.40. The van der Waals surface area contributed by atoms with Gasteiger partial charge in [0.2, 0.25) is 5.91 Å². The zero-order valence-electron chi connectivity index (χ0n) is 16.6. The average molecular weight is 430 g/mol. The fourth-order valence-electron chi connectivity index (χ4n) is 3.56. The summed E-state index contributed by atoms with van der Waals surface area (Å²) >= 11 is 1.62. The highest BCUT2D eigenvalue weighted by molar-refractivity contribution is 7.21. The summed E-state index contributed by atoms with van der Waals surface area (Å²) in [6.45, 7) is 0.283. The second-order valence-corrected chi connectivity index (χ2v) is 8.20. The first kappa shape index (κ1) is 19.3. The molecular weight excluding hydrogens is 410 g/mol. The van der Waals surface area contributed by atoms with Gasteiger partial charge in [0.25, 0.3) is 5.91 Å². The van der Waals surface area contributed by atoms with E-state index in [9.17, 15) is 9.59 Å². The number of nitrogens with zero attached hydrogens (tertiary/aromatic N) is 2. The number of thiazole rings is 1. The van der Waals surface area contributed by atoms with E-state index in [0.717, 1.165) is 20.8 Å². The number of ether oxygens (including phenoxy) is 1. The number of hydrogen-bond acceptors (Lipinski definition) is 5. The van der Waals surface area contributed by atoms with E-state index in [-0.39, 0.29) is 24.8 Å². The SMILES string of the molecule is O=C(CCN1C(=O)COc2ccccc21)Nc1cccc(-c2nc3ccccc3s2)c1. The molecule has 0 unspecified atom stereocenters. The number of carbonyl (C=O) groups excluding carboxylic acids is 2. The maximum atomic E-state index is 12.6. The lowest BCUT2D eigenvalue weighted by Gasteiger charge is -2.29. The van der Waals surface area contributed by atoms with Crippen molar-refractivity contribution in [3.63, 3.8) is 0 Å². The van der Waals surface area contributed by atoms with Crippen LogP contribution in [-0.2, 0) is 9.59 Å². The molecular formula is C24H19N3O3S. The van der Waals surface area contributed by atoms with Gasteiger partial charge in [-0.05, 0) is 36.4 Å². The number of aromatic nitrogens is 1. The largest absolute Gasteiger partial charge is 0.482 e. The Balaban J connectivity index is 1.27. The molecule has 5 rings (SSSR count). The van der Waals surface area contributed by atoms with Gasteiger partial charge in [-0.15, -0.1) is 11.3 Å². The summed E-state index contributed by atoms with van der Waals surface area (Å²) in [4.78, 5) is 31.1. The zero-order valence-corrected chi connectivity index (χ0v) is 17.4. The Bertz CT molecular complexity index is 1250. The Labute approximate surface area is 183 Å². The first-order valence-corrected chi connectivity index (χ1v) is 10.8. The highest BCUT2D eigenvalue weighted by atomic mass is 32.1. The molecule has 0 atom stereocenters. The van der Waals surface area contributed by atoms with Crippen molar-refractivity contribution in [2.24, 2.45) is 0 Å². The van der Waals surface area contributed by atoms with Crippen molar-refractivity contribution in [3.05, 3.63) is 72.8 Å². The predicted molar refractivity (Wildman–Crippen MR) is 123 cm³/mol. The minimum absolute atomic E-state index is 0.0111. The smallest absolute Gasteiger partial charge is 0.265 e. The Morgan fingerprint density at radius 1 is 1.06 bits per heavy atom. The van der Waals surface area contributed by atoms with E-state index in [4.69, 9.17) is 4.74 Å². The number of carbonyl (C=O) groups is 2. The van der Waals surface area contributed by atoms with Crippen LogP contribution in [0.1, 0.15) is 6.42 Å². The molecule has 0 aliphatic carbocycles. The Morgan fingerprint density at radius 2 is 1.90 bits per heavy atom. The van der Waals surface area contributed by atoms with Crippen LogP contribution < -0.4 is 15.0 Å². The summed E-state index contributed by atoms with van der Waals surface area (Å²) in [6.07, 6.45) is 0.186. The van der Waals surface area contributed by atoms with E-state index < -0.39 is 0 Å². The summed E-state index contributed by atoms with van der Waals surface area (Å²) in [5, 5.41) is 3.84. The molecule has 0 fully saturated rings. The third-order valence-electron chi connectivity index (χ3n) is 5.06. The molecule has 7 heteroatoms. The first-order chi connectivity index (χ1) is 15.2. The molecule has 31 heavy (non-hydrogen) atoms. The molecule has 1 aliphatic rings. The van der Waals surface area contributed by atoms with Crippen molar-refractivity contribution in [2.75, 3.05) is 23.4 Å². The Morgan fingerprint density at radius 3 is 2.81 bits per heavy atom. The van der Waals surface area contributed by atoms with Crippen LogP contribution in [0, 0.1) is 0 Å². The van der Waals surface area contributed by atoms with Crippen molar-refractivity contribution in [1.82, 2.24) is 4.98 Å². The highest BCUT2D eigenvalue weighted by Crippen LogP contribution is 2.32. The van der Waals surface area contributed by atoms with Gasteiger partial charge in [0, 0.05) is 24.2 Å². The zero-order chi connectivity index (χ0) is 21.2. The molecule has 1 N–H and O–H groups in total. The topological polar surface area (TPSA) is 71.5 Å². The van der Waals surface area contributed by atoms with Gasteiger partial charge in [0.05, 0.1) is 15.9 Å². The van der Waals surface area contributed by atoms with E-state index in [1.807, 2.05) is 72.8 Å². The van der Waals surface area contributed by atoms with Crippen molar-refractivity contribution >= 4 is 44.7 Å². The standard InChI is InChI=1S/C24H19N3O3S/c28-22(12-13-27-19-9-2-3-10-20(19)30-15-23(27)29)25-17-7-5-6-16(14-17)24-26-18-8-1-4-11-21(18)31-24/h1-11,14H,12-13,15H2,(H,25,28). The van der Waals surface area contributed by atoms with Gasteiger partial charge in [-0.1, -0.05) is 36.4 Å². The minimum Gasteiger partial charge on any atom is -0.482 e.